The van der Waals surface area contributed by atoms with Crippen LogP contribution in [0, 0.1) is 0 Å². The lowest BCUT2D eigenvalue weighted by atomic mass is 9.94. The fourth-order valence-electron chi connectivity index (χ4n) is 2.17. The second-order valence-corrected chi connectivity index (χ2v) is 4.01. The Labute approximate surface area is 88.3 Å². The van der Waals surface area contributed by atoms with Crippen LogP contribution in [0.15, 0.2) is 24.5 Å². The summed E-state index contributed by atoms with van der Waals surface area (Å²) in [5, 5.41) is 7.95. The minimum absolute atomic E-state index is 0.609. The van der Waals surface area contributed by atoms with E-state index >= 15 is 0 Å². The number of nitrogens with one attached hydrogen (secondary N) is 1. The molecule has 1 N–H and O–H groups in total. The average molecular weight is 202 g/mol. The Hall–Kier alpha value is -1.42. The summed E-state index contributed by atoms with van der Waals surface area (Å²) in [5.41, 5.74) is 2.12. The minimum Gasteiger partial charge on any atom is -0.317 e. The van der Waals surface area contributed by atoms with E-state index in [0.717, 1.165) is 18.7 Å². The number of fused-ring (bicyclic) bond motifs is 1. The van der Waals surface area contributed by atoms with Crippen LogP contribution in [0.25, 0.3) is 5.65 Å². The van der Waals surface area contributed by atoms with Gasteiger partial charge in [0, 0.05) is 18.3 Å². The van der Waals surface area contributed by atoms with E-state index in [2.05, 4.69) is 21.5 Å². The number of rotatable bonds is 1. The molecule has 78 valence electrons. The maximum Gasteiger partial charge on any atom is 0.153 e. The first kappa shape index (κ1) is 8.85. The quantitative estimate of drug-likeness (QED) is 0.755. The number of nitrogens with zero attached hydrogens (tertiary/aromatic N) is 3. The van der Waals surface area contributed by atoms with Crippen LogP contribution in [0.2, 0.25) is 0 Å². The van der Waals surface area contributed by atoms with E-state index in [1.165, 1.54) is 18.5 Å². The van der Waals surface area contributed by atoms with Crippen LogP contribution in [0.3, 0.4) is 0 Å². The third-order valence-electron chi connectivity index (χ3n) is 3.03. The molecular weight excluding hydrogens is 188 g/mol. The van der Waals surface area contributed by atoms with Crippen molar-refractivity contribution in [2.24, 2.45) is 0 Å². The van der Waals surface area contributed by atoms with Crippen LogP contribution in [-0.2, 0) is 0 Å². The molecule has 15 heavy (non-hydrogen) atoms. The molecule has 0 aliphatic carbocycles. The molecule has 1 fully saturated rings. The third kappa shape index (κ3) is 1.61. The highest BCUT2D eigenvalue weighted by molar-refractivity contribution is 5.36. The fourth-order valence-corrected chi connectivity index (χ4v) is 2.17. The van der Waals surface area contributed by atoms with Gasteiger partial charge in [-0.1, -0.05) is 0 Å². The van der Waals surface area contributed by atoms with E-state index in [9.17, 15) is 0 Å². The van der Waals surface area contributed by atoms with Gasteiger partial charge >= 0.3 is 0 Å². The lowest BCUT2D eigenvalue weighted by molar-refractivity contribution is 0.449. The topological polar surface area (TPSA) is 42.2 Å². The molecule has 4 nitrogen and oxygen atoms in total. The summed E-state index contributed by atoms with van der Waals surface area (Å²) < 4.78 is 1.86. The summed E-state index contributed by atoms with van der Waals surface area (Å²) in [6.07, 6.45) is 6.06. The minimum atomic E-state index is 0.609. The second kappa shape index (κ2) is 3.62. The molecule has 1 saturated heterocycles. The highest BCUT2D eigenvalue weighted by atomic mass is 15.2. The van der Waals surface area contributed by atoms with Gasteiger partial charge in [0.25, 0.3) is 0 Å². The zero-order valence-corrected chi connectivity index (χ0v) is 8.56. The molecule has 0 aromatic carbocycles. The van der Waals surface area contributed by atoms with Crippen LogP contribution in [0.4, 0.5) is 0 Å². The Kier molecular flexibility index (Phi) is 2.14. The molecule has 0 bridgehead atoms. The van der Waals surface area contributed by atoms with Gasteiger partial charge in [-0.2, -0.15) is 5.10 Å². The SMILES string of the molecule is c1cn2nc(C3CCNCC3)ccc2n1. The van der Waals surface area contributed by atoms with Crippen LogP contribution >= 0.6 is 0 Å². The van der Waals surface area contributed by atoms with E-state index in [0.29, 0.717) is 5.92 Å². The predicted octanol–water partition coefficient (Wildman–Crippen LogP) is 1.20. The van der Waals surface area contributed by atoms with Gasteiger partial charge in [-0.3, -0.25) is 0 Å². The highest BCUT2D eigenvalue weighted by Crippen LogP contribution is 2.23. The van der Waals surface area contributed by atoms with Crippen LogP contribution in [0.1, 0.15) is 24.5 Å². The van der Waals surface area contributed by atoms with E-state index in [-0.39, 0.29) is 0 Å². The van der Waals surface area contributed by atoms with Crippen molar-refractivity contribution < 1.29 is 0 Å². The Morgan fingerprint density at radius 1 is 1.27 bits per heavy atom. The van der Waals surface area contributed by atoms with Gasteiger partial charge in [-0.05, 0) is 38.1 Å². The molecule has 0 unspecified atom stereocenters. The summed E-state index contributed by atoms with van der Waals surface area (Å²) in [7, 11) is 0. The molecule has 0 radical (unpaired) electrons. The van der Waals surface area contributed by atoms with Crippen LogP contribution in [0.5, 0.6) is 0 Å². The molecule has 0 amide bonds. The smallest absolute Gasteiger partial charge is 0.153 e. The molecule has 0 saturated carbocycles. The van der Waals surface area contributed by atoms with E-state index < -0.39 is 0 Å². The largest absolute Gasteiger partial charge is 0.317 e. The molecular formula is C11H14N4. The van der Waals surface area contributed by atoms with Gasteiger partial charge in [0.05, 0.1) is 5.69 Å². The van der Waals surface area contributed by atoms with Gasteiger partial charge in [0.2, 0.25) is 0 Å². The molecule has 2 aromatic heterocycles. The summed E-state index contributed by atoms with van der Waals surface area (Å²) in [6.45, 7) is 2.21. The summed E-state index contributed by atoms with van der Waals surface area (Å²) >= 11 is 0. The standard InChI is InChI=1S/C11H14N4/c1-2-11-13-7-8-15(11)14-10(1)9-3-5-12-6-4-9/h1-2,7-9,12H,3-6H2. The van der Waals surface area contributed by atoms with Crippen molar-refractivity contribution in [1.82, 2.24) is 19.9 Å². The first-order valence-electron chi connectivity index (χ1n) is 5.44. The summed E-state index contributed by atoms with van der Waals surface area (Å²) in [4.78, 5) is 4.19. The monoisotopic (exact) mass is 202 g/mol. The van der Waals surface area contributed by atoms with Crippen molar-refractivity contribution in [3.8, 4) is 0 Å². The van der Waals surface area contributed by atoms with E-state index in [1.807, 2.05) is 16.8 Å². The number of imidazole rings is 1. The van der Waals surface area contributed by atoms with Gasteiger partial charge in [-0.15, -0.1) is 0 Å². The van der Waals surface area contributed by atoms with Gasteiger partial charge in [0.1, 0.15) is 0 Å². The first-order valence-corrected chi connectivity index (χ1v) is 5.44. The predicted molar refractivity (Wildman–Crippen MR) is 57.8 cm³/mol. The van der Waals surface area contributed by atoms with Crippen molar-refractivity contribution in [2.45, 2.75) is 18.8 Å². The number of hydrogen-bond acceptors (Lipinski definition) is 3. The molecule has 0 atom stereocenters. The zero-order chi connectivity index (χ0) is 10.1. The normalized spacial score (nSPS) is 18.4. The van der Waals surface area contributed by atoms with Crippen LogP contribution in [-0.4, -0.2) is 27.7 Å². The van der Waals surface area contributed by atoms with Gasteiger partial charge in [-0.25, -0.2) is 9.50 Å². The maximum absolute atomic E-state index is 4.59. The van der Waals surface area contributed by atoms with E-state index in [1.54, 1.807) is 6.20 Å². The van der Waals surface area contributed by atoms with Gasteiger partial charge < -0.3 is 5.32 Å². The summed E-state index contributed by atoms with van der Waals surface area (Å²) in [5.74, 6) is 0.609. The second-order valence-electron chi connectivity index (χ2n) is 4.01. The lowest BCUT2D eigenvalue weighted by Crippen LogP contribution is -2.27. The van der Waals surface area contributed by atoms with Crippen molar-refractivity contribution in [2.75, 3.05) is 13.1 Å². The molecule has 1 aliphatic rings. The Morgan fingerprint density at radius 3 is 3.00 bits per heavy atom. The van der Waals surface area contributed by atoms with Crippen molar-refractivity contribution in [1.29, 1.82) is 0 Å². The third-order valence-corrected chi connectivity index (χ3v) is 3.03. The number of piperidine rings is 1. The molecule has 3 rings (SSSR count). The van der Waals surface area contributed by atoms with Crippen molar-refractivity contribution in [3.63, 3.8) is 0 Å². The van der Waals surface area contributed by atoms with E-state index in [4.69, 9.17) is 0 Å². The first-order chi connectivity index (χ1) is 7.43. The van der Waals surface area contributed by atoms with Crippen molar-refractivity contribution >= 4 is 5.65 Å². The molecule has 4 heteroatoms. The molecule has 1 aliphatic heterocycles. The van der Waals surface area contributed by atoms with Crippen molar-refractivity contribution in [3.05, 3.63) is 30.2 Å². The highest BCUT2D eigenvalue weighted by Gasteiger charge is 2.16. The molecule has 0 spiro atoms. The fraction of sp³-hybridized carbons (Fsp3) is 0.455. The Morgan fingerprint density at radius 2 is 2.13 bits per heavy atom. The Bertz CT molecular complexity index is 456. The van der Waals surface area contributed by atoms with Crippen LogP contribution < -0.4 is 5.32 Å². The zero-order valence-electron chi connectivity index (χ0n) is 8.56. The summed E-state index contributed by atoms with van der Waals surface area (Å²) in [6, 6.07) is 4.16. The maximum atomic E-state index is 4.59. The lowest BCUT2D eigenvalue weighted by Gasteiger charge is -2.21. The number of hydrogen-bond donors (Lipinski definition) is 1. The van der Waals surface area contributed by atoms with Gasteiger partial charge in [0.15, 0.2) is 5.65 Å². The number of aromatic nitrogens is 3. The molecule has 3 heterocycles. The molecule has 2 aromatic rings. The average Bonchev–Trinajstić information content (AvgIpc) is 2.77. The Balaban J connectivity index is 1.95.